The number of ether oxygens (including phenoxy) is 1. The van der Waals surface area contributed by atoms with Gasteiger partial charge in [-0.1, -0.05) is 6.07 Å². The summed E-state index contributed by atoms with van der Waals surface area (Å²) in [5.74, 6) is 0.146. The van der Waals surface area contributed by atoms with Crippen molar-refractivity contribution in [2.75, 3.05) is 18.7 Å². The van der Waals surface area contributed by atoms with Gasteiger partial charge in [0.25, 0.3) is 0 Å². The molecular weight excluding hydrogens is 190 g/mol. The fourth-order valence-electron chi connectivity index (χ4n) is 1.08. The van der Waals surface area contributed by atoms with Gasteiger partial charge in [0, 0.05) is 5.69 Å². The molecule has 0 amide bonds. The van der Waals surface area contributed by atoms with Crippen LogP contribution in [-0.4, -0.2) is 18.8 Å². The van der Waals surface area contributed by atoms with Crippen molar-refractivity contribution in [1.29, 1.82) is 0 Å². The van der Waals surface area contributed by atoms with Gasteiger partial charge in [0.1, 0.15) is 5.75 Å². The zero-order chi connectivity index (χ0) is 9.84. The summed E-state index contributed by atoms with van der Waals surface area (Å²) >= 11 is 5.43. The number of hydrogen-bond acceptors (Lipinski definition) is 3. The van der Waals surface area contributed by atoms with Gasteiger partial charge >= 0.3 is 0 Å². The maximum absolute atomic E-state index is 11.3. The van der Waals surface area contributed by atoms with E-state index in [1.54, 1.807) is 18.2 Å². The number of ketones is 1. The maximum Gasteiger partial charge on any atom is 0.183 e. The lowest BCUT2D eigenvalue weighted by atomic mass is 10.1. The normalized spacial score (nSPS) is 9.69. The number of anilines is 1. The highest BCUT2D eigenvalue weighted by molar-refractivity contribution is 6.31. The van der Waals surface area contributed by atoms with Crippen LogP contribution in [0.2, 0.25) is 0 Å². The molecule has 0 bridgehead atoms. The molecule has 70 valence electrons. The summed E-state index contributed by atoms with van der Waals surface area (Å²) in [6, 6.07) is 5.04. The fourth-order valence-corrected chi connectivity index (χ4v) is 1.22. The van der Waals surface area contributed by atoms with E-state index in [2.05, 4.69) is 0 Å². The second kappa shape index (κ2) is 4.14. The molecule has 1 aromatic carbocycles. The largest absolute Gasteiger partial charge is 0.496 e. The maximum atomic E-state index is 11.3. The molecule has 0 aliphatic rings. The Kier molecular flexibility index (Phi) is 3.14. The summed E-state index contributed by atoms with van der Waals surface area (Å²) in [6.07, 6.45) is 0. The minimum absolute atomic E-state index is 0.0927. The Morgan fingerprint density at radius 1 is 1.62 bits per heavy atom. The number of benzene rings is 1. The molecule has 0 spiro atoms. The van der Waals surface area contributed by atoms with Crippen molar-refractivity contribution in [3.8, 4) is 5.75 Å². The number of alkyl halides is 1. The molecule has 13 heavy (non-hydrogen) atoms. The Morgan fingerprint density at radius 2 is 2.31 bits per heavy atom. The summed E-state index contributed by atoms with van der Waals surface area (Å²) in [7, 11) is 1.49. The summed E-state index contributed by atoms with van der Waals surface area (Å²) in [5, 5.41) is 0. The quantitative estimate of drug-likeness (QED) is 0.458. The van der Waals surface area contributed by atoms with E-state index in [1.807, 2.05) is 0 Å². The number of halogens is 1. The SMILES string of the molecule is COc1cccc(N)c1C(=O)CCl. The predicted octanol–water partition coefficient (Wildman–Crippen LogP) is 1.70. The average molecular weight is 200 g/mol. The second-order valence-corrected chi connectivity index (χ2v) is 2.75. The zero-order valence-corrected chi connectivity index (χ0v) is 7.97. The standard InChI is InChI=1S/C9H10ClNO2/c1-13-8-4-2-3-6(11)9(8)7(12)5-10/h2-4H,5,11H2,1H3. The minimum Gasteiger partial charge on any atom is -0.496 e. The van der Waals surface area contributed by atoms with Gasteiger partial charge in [0.2, 0.25) is 0 Å². The molecule has 0 aliphatic heterocycles. The van der Waals surface area contributed by atoms with Crippen LogP contribution in [0.25, 0.3) is 0 Å². The smallest absolute Gasteiger partial charge is 0.183 e. The van der Waals surface area contributed by atoms with Crippen LogP contribution < -0.4 is 10.5 Å². The van der Waals surface area contributed by atoms with Crippen molar-refractivity contribution in [1.82, 2.24) is 0 Å². The third-order valence-electron chi connectivity index (χ3n) is 1.68. The third-order valence-corrected chi connectivity index (χ3v) is 1.92. The minimum atomic E-state index is -0.225. The van der Waals surface area contributed by atoms with Gasteiger partial charge in [0.15, 0.2) is 5.78 Å². The Hall–Kier alpha value is -1.22. The van der Waals surface area contributed by atoms with Gasteiger partial charge in [0.05, 0.1) is 18.6 Å². The van der Waals surface area contributed by atoms with Gasteiger partial charge in [-0.05, 0) is 12.1 Å². The first-order valence-corrected chi connectivity index (χ1v) is 4.25. The summed E-state index contributed by atoms with van der Waals surface area (Å²) < 4.78 is 4.99. The number of rotatable bonds is 3. The van der Waals surface area contributed by atoms with Crippen molar-refractivity contribution in [2.24, 2.45) is 0 Å². The molecule has 0 unspecified atom stereocenters. The number of methoxy groups -OCH3 is 1. The van der Waals surface area contributed by atoms with Crippen LogP contribution in [0.3, 0.4) is 0 Å². The molecular formula is C9H10ClNO2. The van der Waals surface area contributed by atoms with E-state index in [4.69, 9.17) is 22.1 Å². The second-order valence-electron chi connectivity index (χ2n) is 2.48. The number of Topliss-reactive ketones (excluding diaryl/α,β-unsaturated/α-hetero) is 1. The molecule has 0 aliphatic carbocycles. The van der Waals surface area contributed by atoms with E-state index in [0.29, 0.717) is 17.0 Å². The van der Waals surface area contributed by atoms with Crippen LogP contribution in [-0.2, 0) is 0 Å². The van der Waals surface area contributed by atoms with E-state index in [9.17, 15) is 4.79 Å². The van der Waals surface area contributed by atoms with E-state index in [0.717, 1.165) is 0 Å². The monoisotopic (exact) mass is 199 g/mol. The Bertz CT molecular complexity index is 325. The van der Waals surface area contributed by atoms with Crippen molar-refractivity contribution in [3.63, 3.8) is 0 Å². The number of carbonyl (C=O) groups is 1. The number of carbonyl (C=O) groups excluding carboxylic acids is 1. The number of hydrogen-bond donors (Lipinski definition) is 1. The van der Waals surface area contributed by atoms with Crippen LogP contribution in [0.1, 0.15) is 10.4 Å². The zero-order valence-electron chi connectivity index (χ0n) is 7.21. The molecule has 0 radical (unpaired) electrons. The van der Waals surface area contributed by atoms with E-state index in [1.165, 1.54) is 7.11 Å². The summed E-state index contributed by atoms with van der Waals surface area (Å²) in [5.41, 5.74) is 6.37. The Balaban J connectivity index is 3.22. The molecule has 1 rings (SSSR count). The highest BCUT2D eigenvalue weighted by Gasteiger charge is 2.13. The van der Waals surface area contributed by atoms with Crippen molar-refractivity contribution in [3.05, 3.63) is 23.8 Å². The molecule has 0 fully saturated rings. The predicted molar refractivity (Wildman–Crippen MR) is 52.5 cm³/mol. The Morgan fingerprint density at radius 3 is 2.85 bits per heavy atom. The van der Waals surface area contributed by atoms with Crippen LogP contribution in [0.15, 0.2) is 18.2 Å². The van der Waals surface area contributed by atoms with Crippen LogP contribution in [0, 0.1) is 0 Å². The topological polar surface area (TPSA) is 52.3 Å². The fraction of sp³-hybridized carbons (Fsp3) is 0.222. The first-order chi connectivity index (χ1) is 6.20. The lowest BCUT2D eigenvalue weighted by Crippen LogP contribution is -2.07. The first-order valence-electron chi connectivity index (χ1n) is 3.72. The van der Waals surface area contributed by atoms with E-state index in [-0.39, 0.29) is 11.7 Å². The molecule has 3 nitrogen and oxygen atoms in total. The van der Waals surface area contributed by atoms with Gasteiger partial charge < -0.3 is 10.5 Å². The average Bonchev–Trinajstić information content (AvgIpc) is 2.16. The van der Waals surface area contributed by atoms with Gasteiger partial charge in [-0.3, -0.25) is 4.79 Å². The van der Waals surface area contributed by atoms with E-state index < -0.39 is 0 Å². The summed E-state index contributed by atoms with van der Waals surface area (Å²) in [4.78, 5) is 11.3. The third kappa shape index (κ3) is 1.92. The highest BCUT2D eigenvalue weighted by Crippen LogP contribution is 2.24. The number of nitrogen functional groups attached to an aromatic ring is 1. The van der Waals surface area contributed by atoms with Crippen LogP contribution in [0.5, 0.6) is 5.75 Å². The summed E-state index contributed by atoms with van der Waals surface area (Å²) in [6.45, 7) is 0. The molecule has 2 N–H and O–H groups in total. The first kappa shape index (κ1) is 9.86. The van der Waals surface area contributed by atoms with Gasteiger partial charge in [-0.15, -0.1) is 11.6 Å². The molecule has 4 heteroatoms. The molecule has 0 aromatic heterocycles. The van der Waals surface area contributed by atoms with Crippen LogP contribution >= 0.6 is 11.6 Å². The molecule has 0 heterocycles. The van der Waals surface area contributed by atoms with Gasteiger partial charge in [-0.25, -0.2) is 0 Å². The lowest BCUT2D eigenvalue weighted by Gasteiger charge is -2.08. The Labute approximate surface area is 81.4 Å². The lowest BCUT2D eigenvalue weighted by molar-refractivity contribution is 0.101. The molecule has 0 saturated carbocycles. The van der Waals surface area contributed by atoms with Crippen molar-refractivity contribution >= 4 is 23.1 Å². The van der Waals surface area contributed by atoms with Crippen LogP contribution in [0.4, 0.5) is 5.69 Å². The van der Waals surface area contributed by atoms with Crippen molar-refractivity contribution < 1.29 is 9.53 Å². The number of nitrogens with two attached hydrogens (primary N) is 1. The van der Waals surface area contributed by atoms with Gasteiger partial charge in [-0.2, -0.15) is 0 Å². The van der Waals surface area contributed by atoms with E-state index >= 15 is 0 Å². The highest BCUT2D eigenvalue weighted by atomic mass is 35.5. The molecule has 1 aromatic rings. The molecule has 0 saturated heterocycles. The van der Waals surface area contributed by atoms with Crippen molar-refractivity contribution in [2.45, 2.75) is 0 Å². The molecule has 0 atom stereocenters.